The highest BCUT2D eigenvalue weighted by Crippen LogP contribution is 2.34. The van der Waals surface area contributed by atoms with Crippen LogP contribution in [0.15, 0.2) is 103 Å². The largest absolute Gasteiger partial charge is 0.478 e. The number of tetrazole rings is 1. The Labute approximate surface area is 251 Å². The lowest BCUT2D eigenvalue weighted by molar-refractivity contribution is 0.0697. The van der Waals surface area contributed by atoms with Gasteiger partial charge < -0.3 is 9.67 Å². The van der Waals surface area contributed by atoms with Crippen molar-refractivity contribution in [1.82, 2.24) is 24.8 Å². The van der Waals surface area contributed by atoms with Crippen molar-refractivity contribution in [3.63, 3.8) is 0 Å². The fourth-order valence-corrected chi connectivity index (χ4v) is 5.82. The van der Waals surface area contributed by atoms with Gasteiger partial charge in [-0.25, -0.2) is 4.79 Å². The Morgan fingerprint density at radius 2 is 1.56 bits per heavy atom. The highest BCUT2D eigenvalue weighted by molar-refractivity contribution is 6.05. The van der Waals surface area contributed by atoms with E-state index in [1.54, 1.807) is 4.80 Å². The zero-order chi connectivity index (χ0) is 30.0. The van der Waals surface area contributed by atoms with E-state index in [9.17, 15) is 9.90 Å². The third-order valence-electron chi connectivity index (χ3n) is 8.20. The Balaban J connectivity index is 1.48. The van der Waals surface area contributed by atoms with Crippen molar-refractivity contribution in [2.75, 3.05) is 0 Å². The lowest BCUT2D eigenvalue weighted by atomic mass is 9.94. The van der Waals surface area contributed by atoms with Crippen molar-refractivity contribution in [1.29, 1.82) is 0 Å². The number of aromatic carboxylic acids is 1. The van der Waals surface area contributed by atoms with E-state index in [-0.39, 0.29) is 0 Å². The third-order valence-corrected chi connectivity index (χ3v) is 8.20. The van der Waals surface area contributed by atoms with Gasteiger partial charge in [-0.05, 0) is 59.9 Å². The Bertz CT molecular complexity index is 1890. The maximum absolute atomic E-state index is 12.6. The van der Waals surface area contributed by atoms with Crippen LogP contribution in [0.25, 0.3) is 33.4 Å². The van der Waals surface area contributed by atoms with E-state index in [0.29, 0.717) is 17.8 Å². The number of hydrogen-bond acceptors (Lipinski definition) is 4. The average Bonchev–Trinajstić information content (AvgIpc) is 3.65. The molecule has 0 saturated heterocycles. The fourth-order valence-electron chi connectivity index (χ4n) is 5.82. The van der Waals surface area contributed by atoms with Gasteiger partial charge in [0.2, 0.25) is 5.82 Å². The number of carboxylic acid groups (broad SMARTS) is 1. The van der Waals surface area contributed by atoms with Gasteiger partial charge in [0.15, 0.2) is 0 Å². The van der Waals surface area contributed by atoms with Crippen LogP contribution < -0.4 is 0 Å². The number of carboxylic acids is 1. The summed E-state index contributed by atoms with van der Waals surface area (Å²) in [4.78, 5) is 14.3. The number of aromatic nitrogens is 5. The molecule has 0 aliphatic rings. The number of para-hydroxylation sites is 1. The number of benzene rings is 4. The van der Waals surface area contributed by atoms with Gasteiger partial charge in [-0.15, -0.1) is 10.2 Å². The minimum atomic E-state index is -0.907. The predicted molar refractivity (Wildman–Crippen MR) is 170 cm³/mol. The SMILES string of the molecule is CCCCn1c(Cc2ccc(-c3ccccc3)c(-c3nnn(C(C)(C)c4ccccc4)n3)c2)c(C(=O)O)c2ccccc21. The number of aryl methyl sites for hydroxylation is 1. The molecule has 0 spiro atoms. The molecule has 0 aliphatic heterocycles. The summed E-state index contributed by atoms with van der Waals surface area (Å²) in [6.07, 6.45) is 2.45. The predicted octanol–water partition coefficient (Wildman–Crippen LogP) is 7.83. The molecular formula is C36H35N5O2. The van der Waals surface area contributed by atoms with Crippen molar-refractivity contribution in [2.24, 2.45) is 0 Å². The van der Waals surface area contributed by atoms with E-state index in [1.807, 2.05) is 60.7 Å². The second kappa shape index (κ2) is 11.7. The maximum atomic E-state index is 12.6. The summed E-state index contributed by atoms with van der Waals surface area (Å²) in [5, 5.41) is 25.0. The lowest BCUT2D eigenvalue weighted by Gasteiger charge is -2.23. The molecule has 0 radical (unpaired) electrons. The molecule has 1 N–H and O–H groups in total. The number of fused-ring (bicyclic) bond motifs is 1. The van der Waals surface area contributed by atoms with Gasteiger partial charge in [-0.2, -0.15) is 4.80 Å². The molecular weight excluding hydrogens is 534 g/mol. The molecule has 4 aromatic carbocycles. The van der Waals surface area contributed by atoms with Crippen molar-refractivity contribution in [3.05, 3.63) is 126 Å². The summed E-state index contributed by atoms with van der Waals surface area (Å²) in [7, 11) is 0. The molecule has 0 amide bonds. The monoisotopic (exact) mass is 569 g/mol. The molecule has 2 heterocycles. The van der Waals surface area contributed by atoms with Crippen LogP contribution in [0, 0.1) is 0 Å². The Morgan fingerprint density at radius 3 is 2.28 bits per heavy atom. The smallest absolute Gasteiger partial charge is 0.338 e. The molecule has 6 rings (SSSR count). The molecule has 43 heavy (non-hydrogen) atoms. The molecule has 216 valence electrons. The first-order chi connectivity index (χ1) is 20.9. The van der Waals surface area contributed by atoms with E-state index < -0.39 is 11.5 Å². The molecule has 0 aliphatic carbocycles. The van der Waals surface area contributed by atoms with Gasteiger partial charge in [0.05, 0.1) is 5.56 Å². The molecule has 0 saturated carbocycles. The molecule has 0 atom stereocenters. The van der Waals surface area contributed by atoms with Crippen LogP contribution in [0.2, 0.25) is 0 Å². The third kappa shape index (κ3) is 5.34. The summed E-state index contributed by atoms with van der Waals surface area (Å²) < 4.78 is 2.18. The van der Waals surface area contributed by atoms with Gasteiger partial charge >= 0.3 is 5.97 Å². The van der Waals surface area contributed by atoms with E-state index in [0.717, 1.165) is 63.8 Å². The molecule has 0 unspecified atom stereocenters. The van der Waals surface area contributed by atoms with Crippen LogP contribution in [-0.4, -0.2) is 35.9 Å². The van der Waals surface area contributed by atoms with Crippen LogP contribution in [0.1, 0.15) is 60.8 Å². The van der Waals surface area contributed by atoms with Crippen molar-refractivity contribution in [2.45, 2.75) is 52.1 Å². The second-order valence-electron chi connectivity index (χ2n) is 11.4. The van der Waals surface area contributed by atoms with E-state index in [1.165, 1.54) is 0 Å². The van der Waals surface area contributed by atoms with E-state index >= 15 is 0 Å². The topological polar surface area (TPSA) is 85.8 Å². The van der Waals surface area contributed by atoms with Gasteiger partial charge in [0.25, 0.3) is 0 Å². The first kappa shape index (κ1) is 28.1. The quantitative estimate of drug-likeness (QED) is 0.182. The zero-order valence-corrected chi connectivity index (χ0v) is 24.7. The minimum absolute atomic E-state index is 0.370. The number of unbranched alkanes of at least 4 members (excludes halogenated alkanes) is 1. The van der Waals surface area contributed by atoms with E-state index in [2.05, 4.69) is 78.1 Å². The highest BCUT2D eigenvalue weighted by Gasteiger charge is 2.27. The summed E-state index contributed by atoms with van der Waals surface area (Å²) in [6, 6.07) is 34.4. The Morgan fingerprint density at radius 1 is 0.860 bits per heavy atom. The van der Waals surface area contributed by atoms with Crippen LogP contribution in [0.5, 0.6) is 0 Å². The summed E-state index contributed by atoms with van der Waals surface area (Å²) in [6.45, 7) is 7.06. The van der Waals surface area contributed by atoms with Crippen LogP contribution in [-0.2, 0) is 18.5 Å². The van der Waals surface area contributed by atoms with Gasteiger partial charge in [-0.1, -0.05) is 104 Å². The summed E-state index contributed by atoms with van der Waals surface area (Å²) >= 11 is 0. The van der Waals surface area contributed by atoms with Crippen LogP contribution >= 0.6 is 0 Å². The lowest BCUT2D eigenvalue weighted by Crippen LogP contribution is -2.30. The number of nitrogens with zero attached hydrogens (tertiary/aromatic N) is 5. The summed E-state index contributed by atoms with van der Waals surface area (Å²) in [5.74, 6) is -0.384. The summed E-state index contributed by atoms with van der Waals surface area (Å²) in [5.41, 5.74) is 6.58. The molecule has 7 heteroatoms. The minimum Gasteiger partial charge on any atom is -0.478 e. The van der Waals surface area contributed by atoms with Gasteiger partial charge in [-0.3, -0.25) is 0 Å². The Hall–Kier alpha value is -5.04. The van der Waals surface area contributed by atoms with E-state index in [4.69, 9.17) is 5.10 Å². The average molecular weight is 570 g/mol. The first-order valence-corrected chi connectivity index (χ1v) is 14.8. The van der Waals surface area contributed by atoms with Crippen molar-refractivity contribution in [3.8, 4) is 22.5 Å². The maximum Gasteiger partial charge on any atom is 0.338 e. The highest BCUT2D eigenvalue weighted by atomic mass is 16.4. The van der Waals surface area contributed by atoms with Gasteiger partial charge in [0.1, 0.15) is 5.54 Å². The normalized spacial score (nSPS) is 11.7. The fraction of sp³-hybridized carbons (Fsp3) is 0.222. The molecule has 2 aromatic heterocycles. The standard InChI is InChI=1S/C36H35N5O2/c1-4-5-22-40-31-19-13-12-18-29(31)33(35(42)43)32(40)24-25-20-21-28(26-14-8-6-9-15-26)30(23-25)34-37-39-41(38-34)36(2,3)27-16-10-7-11-17-27/h6-21,23H,4-5,22,24H2,1-3H3,(H,42,43). The molecule has 0 fully saturated rings. The number of rotatable bonds is 10. The van der Waals surface area contributed by atoms with Crippen LogP contribution in [0.3, 0.4) is 0 Å². The number of hydrogen-bond donors (Lipinski definition) is 1. The van der Waals surface area contributed by atoms with Crippen molar-refractivity contribution >= 4 is 16.9 Å². The number of carbonyl (C=O) groups is 1. The van der Waals surface area contributed by atoms with Crippen molar-refractivity contribution < 1.29 is 9.90 Å². The molecule has 6 aromatic rings. The first-order valence-electron chi connectivity index (χ1n) is 14.8. The second-order valence-corrected chi connectivity index (χ2v) is 11.4. The van der Waals surface area contributed by atoms with Gasteiger partial charge in [0, 0.05) is 35.1 Å². The molecule has 7 nitrogen and oxygen atoms in total. The molecule has 0 bridgehead atoms. The van der Waals surface area contributed by atoms with Crippen LogP contribution in [0.4, 0.5) is 0 Å². The Kier molecular flexibility index (Phi) is 7.63. The zero-order valence-electron chi connectivity index (χ0n) is 24.7.